The summed E-state index contributed by atoms with van der Waals surface area (Å²) < 4.78 is 4.30. The lowest BCUT2D eigenvalue weighted by Crippen LogP contribution is -2.40. The zero-order valence-corrected chi connectivity index (χ0v) is 12.0. The molecule has 0 radical (unpaired) electrons. The van der Waals surface area contributed by atoms with Crippen LogP contribution in [0, 0.1) is 5.92 Å². The van der Waals surface area contributed by atoms with Crippen molar-refractivity contribution in [3.63, 3.8) is 0 Å². The van der Waals surface area contributed by atoms with E-state index < -0.39 is 0 Å². The van der Waals surface area contributed by atoms with Crippen LogP contribution in [0.3, 0.4) is 0 Å². The molecule has 1 aromatic rings. The molecule has 2 saturated heterocycles. The molecule has 7 heteroatoms. The fraction of sp³-hybridized carbons (Fsp3) is 0.769. The number of aliphatic hydroxyl groups excluding tert-OH is 1. The molecule has 20 heavy (non-hydrogen) atoms. The summed E-state index contributed by atoms with van der Waals surface area (Å²) in [5, 5.41) is 12.9. The Kier molecular flexibility index (Phi) is 2.92. The van der Waals surface area contributed by atoms with E-state index in [1.807, 2.05) is 4.90 Å². The normalized spacial score (nSPS) is 31.9. The summed E-state index contributed by atoms with van der Waals surface area (Å²) in [4.78, 5) is 18.7. The zero-order valence-electron chi connectivity index (χ0n) is 11.2. The van der Waals surface area contributed by atoms with Crippen molar-refractivity contribution in [3.8, 4) is 0 Å². The van der Waals surface area contributed by atoms with E-state index in [-0.39, 0.29) is 30.6 Å². The highest BCUT2D eigenvalue weighted by atomic mass is 32.1. The van der Waals surface area contributed by atoms with Gasteiger partial charge in [-0.3, -0.25) is 5.32 Å². The number of hydrogen-bond acceptors (Lipinski definition) is 5. The molecule has 4 rings (SSSR count). The van der Waals surface area contributed by atoms with Crippen molar-refractivity contribution >= 4 is 22.7 Å². The van der Waals surface area contributed by atoms with Gasteiger partial charge in [-0.15, -0.1) is 0 Å². The van der Waals surface area contributed by atoms with E-state index in [2.05, 4.69) is 14.7 Å². The first kappa shape index (κ1) is 12.5. The van der Waals surface area contributed by atoms with E-state index in [1.54, 1.807) is 0 Å². The maximum atomic E-state index is 12.4. The van der Waals surface area contributed by atoms with E-state index >= 15 is 0 Å². The van der Waals surface area contributed by atoms with Gasteiger partial charge in [0, 0.05) is 42.1 Å². The first-order valence-corrected chi connectivity index (χ1v) is 8.07. The Bertz CT molecular complexity index is 530. The number of nitrogens with one attached hydrogen (secondary N) is 1. The van der Waals surface area contributed by atoms with E-state index in [4.69, 9.17) is 0 Å². The standard InChI is InChI=1S/C13H18N4O2S/c18-6-8-5-9-3-4-10(8)17(9)13(19)15-12-14-11(16-20-12)7-1-2-7/h7-10,18H,1-6H2,(H,14,15,16,19)/t8-,9+,10-/m0/s1. The van der Waals surface area contributed by atoms with Gasteiger partial charge >= 0.3 is 6.03 Å². The van der Waals surface area contributed by atoms with E-state index in [0.717, 1.165) is 25.1 Å². The van der Waals surface area contributed by atoms with Crippen molar-refractivity contribution < 1.29 is 9.90 Å². The molecule has 2 aliphatic heterocycles. The van der Waals surface area contributed by atoms with Crippen molar-refractivity contribution in [2.75, 3.05) is 11.9 Å². The molecule has 3 atom stereocenters. The molecule has 0 spiro atoms. The second kappa shape index (κ2) is 4.66. The van der Waals surface area contributed by atoms with Crippen LogP contribution < -0.4 is 5.32 Å². The molecule has 1 aromatic heterocycles. The van der Waals surface area contributed by atoms with Gasteiger partial charge in [0.1, 0.15) is 5.82 Å². The van der Waals surface area contributed by atoms with Crippen LogP contribution in [0.5, 0.6) is 0 Å². The third kappa shape index (κ3) is 2.00. The van der Waals surface area contributed by atoms with Crippen LogP contribution in [-0.2, 0) is 0 Å². The average molecular weight is 294 g/mol. The highest BCUT2D eigenvalue weighted by Gasteiger charge is 2.48. The number of carbonyl (C=O) groups is 1. The molecule has 3 heterocycles. The molecule has 108 valence electrons. The van der Waals surface area contributed by atoms with Crippen LogP contribution in [0.2, 0.25) is 0 Å². The third-order valence-corrected chi connectivity index (χ3v) is 5.38. The van der Waals surface area contributed by atoms with E-state index in [1.165, 1.54) is 24.4 Å². The molecular weight excluding hydrogens is 276 g/mol. The summed E-state index contributed by atoms with van der Waals surface area (Å²) in [5.74, 6) is 1.64. The summed E-state index contributed by atoms with van der Waals surface area (Å²) >= 11 is 1.27. The highest BCUT2D eigenvalue weighted by molar-refractivity contribution is 7.09. The SMILES string of the molecule is O=C(Nc1nc(C2CC2)ns1)N1[C@@H]2CC[C@H]1[C@H](CO)C2. The van der Waals surface area contributed by atoms with Crippen molar-refractivity contribution in [2.24, 2.45) is 5.92 Å². The Morgan fingerprint density at radius 1 is 1.40 bits per heavy atom. The summed E-state index contributed by atoms with van der Waals surface area (Å²) in [5.41, 5.74) is 0. The van der Waals surface area contributed by atoms with Crippen LogP contribution in [0.25, 0.3) is 0 Å². The molecule has 2 amide bonds. The summed E-state index contributed by atoms with van der Waals surface area (Å²) in [6.07, 6.45) is 5.32. The van der Waals surface area contributed by atoms with Gasteiger partial charge in [0.15, 0.2) is 0 Å². The smallest absolute Gasteiger partial charge is 0.324 e. The van der Waals surface area contributed by atoms with Gasteiger partial charge in [0.25, 0.3) is 0 Å². The number of hydrogen-bond donors (Lipinski definition) is 2. The number of nitrogens with zero attached hydrogens (tertiary/aromatic N) is 3. The second-order valence-corrected chi connectivity index (χ2v) is 6.80. The van der Waals surface area contributed by atoms with Crippen LogP contribution >= 0.6 is 11.5 Å². The van der Waals surface area contributed by atoms with Gasteiger partial charge < -0.3 is 10.0 Å². The van der Waals surface area contributed by atoms with Crippen LogP contribution in [0.1, 0.15) is 43.8 Å². The van der Waals surface area contributed by atoms with Gasteiger partial charge in [-0.1, -0.05) is 0 Å². The first-order chi connectivity index (χ1) is 9.76. The average Bonchev–Trinajstić information content (AvgIpc) is 2.94. The van der Waals surface area contributed by atoms with Crippen molar-refractivity contribution in [1.82, 2.24) is 14.3 Å². The minimum atomic E-state index is -0.0769. The number of rotatable bonds is 3. The summed E-state index contributed by atoms with van der Waals surface area (Å²) in [6.45, 7) is 0.176. The fourth-order valence-electron chi connectivity index (χ4n) is 3.57. The van der Waals surface area contributed by atoms with Crippen LogP contribution in [-0.4, -0.2) is 44.1 Å². The molecule has 0 aromatic carbocycles. The lowest BCUT2D eigenvalue weighted by atomic mass is 9.90. The van der Waals surface area contributed by atoms with Gasteiger partial charge in [-0.2, -0.15) is 4.37 Å². The largest absolute Gasteiger partial charge is 0.396 e. The molecule has 6 nitrogen and oxygen atoms in total. The maximum Gasteiger partial charge on any atom is 0.324 e. The van der Waals surface area contributed by atoms with Crippen molar-refractivity contribution in [3.05, 3.63) is 5.82 Å². The van der Waals surface area contributed by atoms with E-state index in [9.17, 15) is 9.90 Å². The fourth-order valence-corrected chi connectivity index (χ4v) is 4.21. The quantitative estimate of drug-likeness (QED) is 0.891. The lowest BCUT2D eigenvalue weighted by Gasteiger charge is -2.23. The number of aromatic nitrogens is 2. The predicted octanol–water partition coefficient (Wildman–Crippen LogP) is 1.79. The third-order valence-electron chi connectivity index (χ3n) is 4.73. The van der Waals surface area contributed by atoms with Crippen molar-refractivity contribution in [1.29, 1.82) is 0 Å². The molecule has 1 aliphatic carbocycles. The second-order valence-electron chi connectivity index (χ2n) is 6.05. The summed E-state index contributed by atoms with van der Waals surface area (Å²) in [7, 11) is 0. The predicted molar refractivity (Wildman–Crippen MR) is 74.7 cm³/mol. The molecule has 2 bridgehead atoms. The first-order valence-electron chi connectivity index (χ1n) is 7.30. The number of carbonyl (C=O) groups excluding carboxylic acids is 1. The Labute approximate surface area is 121 Å². The van der Waals surface area contributed by atoms with Gasteiger partial charge in [-0.25, -0.2) is 9.78 Å². The minimum Gasteiger partial charge on any atom is -0.396 e. The zero-order chi connectivity index (χ0) is 13.7. The number of aliphatic hydroxyl groups is 1. The van der Waals surface area contributed by atoms with Crippen LogP contribution in [0.15, 0.2) is 0 Å². The number of anilines is 1. The Hall–Kier alpha value is -1.21. The number of urea groups is 1. The van der Waals surface area contributed by atoms with Gasteiger partial charge in [0.2, 0.25) is 5.13 Å². The monoisotopic (exact) mass is 294 g/mol. The maximum absolute atomic E-state index is 12.4. The topological polar surface area (TPSA) is 78.4 Å². The minimum absolute atomic E-state index is 0.0769. The molecule has 1 saturated carbocycles. The molecule has 3 aliphatic rings. The number of fused-ring (bicyclic) bond motifs is 2. The molecule has 3 fully saturated rings. The van der Waals surface area contributed by atoms with Crippen molar-refractivity contribution in [2.45, 2.75) is 50.1 Å². The highest BCUT2D eigenvalue weighted by Crippen LogP contribution is 2.42. The Morgan fingerprint density at radius 3 is 2.95 bits per heavy atom. The Morgan fingerprint density at radius 2 is 2.25 bits per heavy atom. The Balaban J connectivity index is 1.44. The van der Waals surface area contributed by atoms with E-state index in [0.29, 0.717) is 11.0 Å². The van der Waals surface area contributed by atoms with Crippen LogP contribution in [0.4, 0.5) is 9.93 Å². The van der Waals surface area contributed by atoms with Gasteiger partial charge in [0.05, 0.1) is 0 Å². The lowest BCUT2D eigenvalue weighted by molar-refractivity contribution is 0.177. The van der Waals surface area contributed by atoms with Gasteiger partial charge in [-0.05, 0) is 32.1 Å². The molecule has 2 N–H and O–H groups in total. The molecular formula is C13H18N4O2S. The number of amides is 2. The summed E-state index contributed by atoms with van der Waals surface area (Å²) in [6, 6.07) is 0.403. The molecule has 0 unspecified atom stereocenters.